The molecule has 1 unspecified atom stereocenters. The fraction of sp³-hybridized carbons (Fsp3) is 0.333. The first-order valence-electron chi connectivity index (χ1n) is 7.35. The number of nitrogens with one attached hydrogen (secondary N) is 2. The van der Waals surface area contributed by atoms with E-state index in [1.807, 2.05) is 22.6 Å². The third-order valence-corrected chi connectivity index (χ3v) is 4.21. The second-order valence-electron chi connectivity index (χ2n) is 5.83. The van der Waals surface area contributed by atoms with E-state index in [4.69, 9.17) is 0 Å². The molecule has 2 N–H and O–H groups in total. The summed E-state index contributed by atoms with van der Waals surface area (Å²) in [5.41, 5.74) is 5.19. The summed E-state index contributed by atoms with van der Waals surface area (Å²) < 4.78 is 2.22. The Morgan fingerprint density at radius 1 is 1.05 bits per heavy atom. The maximum Gasteiger partial charge on any atom is 0.288 e. The van der Waals surface area contributed by atoms with Gasteiger partial charge < -0.3 is 15.0 Å². The van der Waals surface area contributed by atoms with Gasteiger partial charge in [0.1, 0.15) is 0 Å². The van der Waals surface area contributed by atoms with E-state index >= 15 is 0 Å². The lowest BCUT2D eigenvalue weighted by Gasteiger charge is -2.46. The average Bonchev–Trinajstić information content (AvgIpc) is 2.48. The van der Waals surface area contributed by atoms with Crippen molar-refractivity contribution in [2.45, 2.75) is 32.7 Å². The highest BCUT2D eigenvalue weighted by Gasteiger charge is 2.39. The summed E-state index contributed by atoms with van der Waals surface area (Å²) in [6, 6.07) is 4.54. The molecule has 2 aliphatic rings. The molecule has 1 aliphatic carbocycles. The van der Waals surface area contributed by atoms with Crippen molar-refractivity contribution >= 4 is 22.6 Å². The Morgan fingerprint density at radius 2 is 1.71 bits per heavy atom. The fourth-order valence-electron chi connectivity index (χ4n) is 3.53. The van der Waals surface area contributed by atoms with Crippen molar-refractivity contribution in [3.05, 3.63) is 58.7 Å². The average molecular weight is 274 g/mol. The zero-order valence-electron chi connectivity index (χ0n) is 12.9. The Morgan fingerprint density at radius 3 is 2.29 bits per heavy atom. The summed E-state index contributed by atoms with van der Waals surface area (Å²) >= 11 is 0. The van der Waals surface area contributed by atoms with Gasteiger partial charge in [0.05, 0.1) is 5.54 Å². The topological polar surface area (TPSA) is 27.3 Å². The maximum atomic E-state index is 3.15. The number of benzene rings is 1. The molecular weight excluding hydrogens is 255 g/mol. The SMILES string of the molecule is Cc1cc(C)c(C2(N3[B]N[B]N[B]3)C=CC=CC2)c(C)c1. The first kappa shape index (κ1) is 14.7. The van der Waals surface area contributed by atoms with Crippen LogP contribution in [0.1, 0.15) is 28.7 Å². The first-order valence-corrected chi connectivity index (χ1v) is 7.35. The predicted octanol–water partition coefficient (Wildman–Crippen LogP) is 1.42. The van der Waals surface area contributed by atoms with Crippen LogP contribution in [0.2, 0.25) is 0 Å². The van der Waals surface area contributed by atoms with Crippen molar-refractivity contribution < 1.29 is 0 Å². The van der Waals surface area contributed by atoms with E-state index < -0.39 is 0 Å². The molecule has 1 atom stereocenters. The smallest absolute Gasteiger partial charge is 0.288 e. The van der Waals surface area contributed by atoms with Gasteiger partial charge in [-0.3, -0.25) is 0 Å². The van der Waals surface area contributed by atoms with Crippen LogP contribution in [0.15, 0.2) is 36.4 Å². The minimum atomic E-state index is -0.176. The summed E-state index contributed by atoms with van der Waals surface area (Å²) in [5, 5.41) is 6.31. The zero-order valence-corrected chi connectivity index (χ0v) is 12.9. The summed E-state index contributed by atoms with van der Waals surface area (Å²) in [6.45, 7) is 6.57. The highest BCUT2D eigenvalue weighted by molar-refractivity contribution is 6.65. The second-order valence-corrected chi connectivity index (χ2v) is 5.83. The van der Waals surface area contributed by atoms with Crippen molar-refractivity contribution in [2.75, 3.05) is 0 Å². The van der Waals surface area contributed by atoms with Gasteiger partial charge in [0.2, 0.25) is 0 Å². The number of hydrogen-bond donors (Lipinski definition) is 2. The molecule has 1 fully saturated rings. The monoisotopic (exact) mass is 274 g/mol. The van der Waals surface area contributed by atoms with Crippen LogP contribution >= 0.6 is 0 Å². The van der Waals surface area contributed by atoms with Gasteiger partial charge in [0.15, 0.2) is 0 Å². The maximum absolute atomic E-state index is 3.15. The van der Waals surface area contributed by atoms with Gasteiger partial charge in [0.25, 0.3) is 22.6 Å². The van der Waals surface area contributed by atoms with Crippen LogP contribution in [0.4, 0.5) is 0 Å². The summed E-state index contributed by atoms with van der Waals surface area (Å²) in [6.07, 6.45) is 9.74. The lowest BCUT2D eigenvalue weighted by atomic mass is 9.67. The molecule has 1 heterocycles. The second kappa shape index (κ2) is 5.88. The van der Waals surface area contributed by atoms with E-state index in [0.29, 0.717) is 0 Å². The Labute approximate surface area is 129 Å². The molecule has 3 nitrogen and oxygen atoms in total. The van der Waals surface area contributed by atoms with E-state index in [2.05, 4.69) is 72.2 Å². The third-order valence-electron chi connectivity index (χ3n) is 4.21. The molecule has 0 bridgehead atoms. The van der Waals surface area contributed by atoms with E-state index in [1.54, 1.807) is 0 Å². The molecule has 1 saturated heterocycles. The van der Waals surface area contributed by atoms with Crippen LogP contribution in [-0.2, 0) is 5.54 Å². The molecule has 21 heavy (non-hydrogen) atoms. The van der Waals surface area contributed by atoms with Crippen LogP contribution in [0, 0.1) is 20.8 Å². The molecule has 0 aromatic heterocycles. The number of rotatable bonds is 2. The number of aryl methyl sites for hydroxylation is 3. The predicted molar refractivity (Wildman–Crippen MR) is 90.6 cm³/mol. The molecule has 1 aromatic carbocycles. The molecule has 3 radical (unpaired) electrons. The van der Waals surface area contributed by atoms with Crippen LogP contribution in [-0.4, -0.2) is 27.4 Å². The molecule has 0 amide bonds. The minimum Gasteiger partial charge on any atom is -0.379 e. The van der Waals surface area contributed by atoms with Gasteiger partial charge in [-0.15, -0.1) is 0 Å². The Hall–Kier alpha value is -1.23. The van der Waals surface area contributed by atoms with E-state index in [1.165, 1.54) is 22.3 Å². The van der Waals surface area contributed by atoms with Gasteiger partial charge in [-0.2, -0.15) is 0 Å². The van der Waals surface area contributed by atoms with Gasteiger partial charge in [-0.05, 0) is 43.9 Å². The zero-order chi connectivity index (χ0) is 14.9. The van der Waals surface area contributed by atoms with Crippen molar-refractivity contribution in [1.29, 1.82) is 0 Å². The van der Waals surface area contributed by atoms with E-state index in [0.717, 1.165) is 6.42 Å². The standard InChI is InChI=1S/C15H19B3N3/c1-11-9-12(2)14(13(3)10-11)15(7-5-4-6-8-15)21-17-19-16-20-18-21/h4-7,9-10,19-20H,8H2,1-3H3. The van der Waals surface area contributed by atoms with Gasteiger partial charge >= 0.3 is 0 Å². The molecule has 0 spiro atoms. The Balaban J connectivity index is 2.12. The van der Waals surface area contributed by atoms with Crippen LogP contribution in [0.5, 0.6) is 0 Å². The van der Waals surface area contributed by atoms with Crippen LogP contribution < -0.4 is 10.3 Å². The Bertz CT molecular complexity index is 571. The lowest BCUT2D eigenvalue weighted by molar-refractivity contribution is 0.356. The van der Waals surface area contributed by atoms with Crippen LogP contribution in [0.3, 0.4) is 0 Å². The summed E-state index contributed by atoms with van der Waals surface area (Å²) in [5.74, 6) is 0. The minimum absolute atomic E-state index is 0.176. The highest BCUT2D eigenvalue weighted by Crippen LogP contribution is 2.39. The summed E-state index contributed by atoms with van der Waals surface area (Å²) in [4.78, 5) is 0. The van der Waals surface area contributed by atoms with Crippen molar-refractivity contribution in [1.82, 2.24) is 15.0 Å². The van der Waals surface area contributed by atoms with Crippen molar-refractivity contribution in [3.63, 3.8) is 0 Å². The third kappa shape index (κ3) is 2.64. The molecule has 1 aliphatic heterocycles. The number of nitrogens with zero attached hydrogens (tertiary/aromatic N) is 1. The fourth-order valence-corrected chi connectivity index (χ4v) is 3.53. The van der Waals surface area contributed by atoms with E-state index in [-0.39, 0.29) is 5.54 Å². The summed E-state index contributed by atoms with van der Waals surface area (Å²) in [7, 11) is 5.85. The normalized spacial score (nSPS) is 25.1. The molecule has 1 aromatic rings. The van der Waals surface area contributed by atoms with E-state index in [9.17, 15) is 0 Å². The van der Waals surface area contributed by atoms with Gasteiger partial charge in [-0.1, -0.05) is 42.0 Å². The van der Waals surface area contributed by atoms with Gasteiger partial charge in [0, 0.05) is 0 Å². The largest absolute Gasteiger partial charge is 0.379 e. The van der Waals surface area contributed by atoms with Gasteiger partial charge in [-0.25, -0.2) is 0 Å². The molecular formula is C15H19B3N3. The number of allylic oxidation sites excluding steroid dienone is 2. The quantitative estimate of drug-likeness (QED) is 0.798. The number of hydrogen-bond acceptors (Lipinski definition) is 3. The first-order chi connectivity index (χ1) is 10.1. The Kier molecular flexibility index (Phi) is 4.11. The highest BCUT2D eigenvalue weighted by atomic mass is 15.2. The molecule has 0 saturated carbocycles. The van der Waals surface area contributed by atoms with Crippen molar-refractivity contribution in [3.8, 4) is 0 Å². The lowest BCUT2D eigenvalue weighted by Crippen LogP contribution is -2.64. The van der Waals surface area contributed by atoms with Crippen molar-refractivity contribution in [2.24, 2.45) is 0 Å². The molecule has 3 rings (SSSR count). The molecule has 103 valence electrons. The molecule has 6 heteroatoms. The van der Waals surface area contributed by atoms with Crippen LogP contribution in [0.25, 0.3) is 0 Å².